The van der Waals surface area contributed by atoms with Crippen molar-refractivity contribution in [1.29, 1.82) is 0 Å². The van der Waals surface area contributed by atoms with E-state index >= 15 is 0 Å². The van der Waals surface area contributed by atoms with E-state index in [1.54, 1.807) is 6.92 Å². The minimum absolute atomic E-state index is 0.0498. The number of carbonyl (C=O) groups excluding carboxylic acids is 2. The normalized spacial score (nSPS) is 14.6. The number of rotatable bonds is 11. The molecule has 1 fully saturated rings. The molecule has 0 radical (unpaired) electrons. The lowest BCUT2D eigenvalue weighted by atomic mass is 10.1. The summed E-state index contributed by atoms with van der Waals surface area (Å²) in [5.41, 5.74) is 2.07. The molecule has 0 spiro atoms. The van der Waals surface area contributed by atoms with Gasteiger partial charge in [-0.3, -0.25) is 24.0 Å². The van der Waals surface area contributed by atoms with Gasteiger partial charge in [0.25, 0.3) is 5.69 Å². The summed E-state index contributed by atoms with van der Waals surface area (Å²) in [7, 11) is -4.00. The van der Waals surface area contributed by atoms with Gasteiger partial charge in [0.1, 0.15) is 12.6 Å². The second kappa shape index (κ2) is 12.4. The average Bonchev–Trinajstić information content (AvgIpc) is 3.36. The van der Waals surface area contributed by atoms with Crippen molar-refractivity contribution in [3.8, 4) is 0 Å². The largest absolute Gasteiger partial charge is 0.352 e. The van der Waals surface area contributed by atoms with E-state index in [9.17, 15) is 28.1 Å². The summed E-state index contributed by atoms with van der Waals surface area (Å²) < 4.78 is 26.5. The number of carbonyl (C=O) groups is 2. The smallest absolute Gasteiger partial charge is 0.271 e. The van der Waals surface area contributed by atoms with Crippen LogP contribution in [0.5, 0.6) is 0 Å². The Morgan fingerprint density at radius 2 is 1.74 bits per heavy atom. The number of nitro benzene ring substituents is 1. The minimum atomic E-state index is -4.00. The Balaban J connectivity index is 1.97. The van der Waals surface area contributed by atoms with E-state index in [2.05, 4.69) is 5.32 Å². The van der Waals surface area contributed by atoms with E-state index in [0.717, 1.165) is 53.4 Å². The van der Waals surface area contributed by atoms with Crippen LogP contribution >= 0.6 is 0 Å². The van der Waals surface area contributed by atoms with Crippen LogP contribution in [-0.2, 0) is 26.2 Å². The third-order valence-electron chi connectivity index (χ3n) is 6.91. The summed E-state index contributed by atoms with van der Waals surface area (Å²) in [6.45, 7) is 4.89. The first-order valence-corrected chi connectivity index (χ1v) is 14.6. The van der Waals surface area contributed by atoms with Crippen LogP contribution in [0.1, 0.15) is 55.7 Å². The van der Waals surface area contributed by atoms with Crippen molar-refractivity contribution in [3.63, 3.8) is 0 Å². The number of hydrogen-bond donors (Lipinski definition) is 1. The molecule has 0 aromatic heterocycles. The van der Waals surface area contributed by atoms with Crippen LogP contribution in [0.3, 0.4) is 0 Å². The number of hydrogen-bond acceptors (Lipinski definition) is 6. The summed E-state index contributed by atoms with van der Waals surface area (Å²) in [6, 6.07) is 10.7. The maximum absolute atomic E-state index is 13.8. The van der Waals surface area contributed by atoms with Gasteiger partial charge in [0, 0.05) is 24.7 Å². The fraction of sp³-hybridized carbons (Fsp3) is 0.481. The summed E-state index contributed by atoms with van der Waals surface area (Å²) >= 11 is 0. The predicted octanol–water partition coefficient (Wildman–Crippen LogP) is 3.84. The van der Waals surface area contributed by atoms with Crippen LogP contribution in [0.4, 0.5) is 11.4 Å². The highest BCUT2D eigenvalue weighted by atomic mass is 32.2. The number of non-ortho nitro benzene ring substituents is 1. The molecule has 2 aromatic rings. The molecule has 1 aliphatic rings. The molecule has 1 saturated carbocycles. The zero-order valence-electron chi connectivity index (χ0n) is 22.3. The molecule has 0 bridgehead atoms. The molecule has 0 heterocycles. The number of anilines is 1. The van der Waals surface area contributed by atoms with E-state index in [-0.39, 0.29) is 29.9 Å². The Labute approximate surface area is 224 Å². The molecule has 11 heteroatoms. The van der Waals surface area contributed by atoms with Gasteiger partial charge in [-0.05, 0) is 44.2 Å². The number of nitro groups is 1. The van der Waals surface area contributed by atoms with Crippen molar-refractivity contribution in [3.05, 3.63) is 69.3 Å². The Bertz CT molecular complexity index is 1270. The number of sulfonamides is 1. The van der Waals surface area contributed by atoms with Crippen molar-refractivity contribution in [2.75, 3.05) is 17.1 Å². The Hall–Kier alpha value is -3.47. The zero-order chi connectivity index (χ0) is 28.0. The molecule has 1 N–H and O–H groups in total. The second-order valence-corrected chi connectivity index (χ2v) is 11.8. The van der Waals surface area contributed by atoms with Crippen molar-refractivity contribution in [2.24, 2.45) is 0 Å². The SMILES string of the molecule is CC[C@@H](C(=O)NC1CCCC1)N(Cc1ccc(C)cc1)C(=O)CN(c1cc([N+](=O)[O-])ccc1C)S(C)(=O)=O. The summed E-state index contributed by atoms with van der Waals surface area (Å²) in [4.78, 5) is 39.3. The van der Waals surface area contributed by atoms with Crippen LogP contribution in [0.15, 0.2) is 42.5 Å². The van der Waals surface area contributed by atoms with Crippen molar-refractivity contribution in [2.45, 2.75) is 71.5 Å². The van der Waals surface area contributed by atoms with E-state index in [1.165, 1.54) is 17.0 Å². The molecule has 10 nitrogen and oxygen atoms in total. The van der Waals surface area contributed by atoms with E-state index in [1.807, 2.05) is 38.1 Å². The van der Waals surface area contributed by atoms with Gasteiger partial charge in [-0.2, -0.15) is 0 Å². The van der Waals surface area contributed by atoms with Crippen LogP contribution in [0.2, 0.25) is 0 Å². The standard InChI is InChI=1S/C27H36N4O6S/c1-5-24(27(33)28-22-8-6-7-9-22)29(17-21-13-10-19(2)11-14-21)26(32)18-30(38(4,36)37)25-16-23(31(34)35)15-12-20(25)3/h10-16,22,24H,5-9,17-18H2,1-4H3,(H,28,33)/t24-/m0/s1. The van der Waals surface area contributed by atoms with Gasteiger partial charge >= 0.3 is 0 Å². The summed E-state index contributed by atoms with van der Waals surface area (Å²) in [5.74, 6) is -0.840. The van der Waals surface area contributed by atoms with Crippen molar-refractivity contribution < 1.29 is 22.9 Å². The van der Waals surface area contributed by atoms with Gasteiger partial charge in [0.15, 0.2) is 0 Å². The van der Waals surface area contributed by atoms with Crippen LogP contribution in [0.25, 0.3) is 0 Å². The second-order valence-electron chi connectivity index (χ2n) is 9.92. The van der Waals surface area contributed by atoms with Gasteiger partial charge in [-0.25, -0.2) is 8.42 Å². The topological polar surface area (TPSA) is 130 Å². The van der Waals surface area contributed by atoms with Crippen LogP contribution in [0, 0.1) is 24.0 Å². The zero-order valence-corrected chi connectivity index (χ0v) is 23.2. The maximum Gasteiger partial charge on any atom is 0.271 e. The number of amides is 2. The van der Waals surface area contributed by atoms with Crippen molar-refractivity contribution in [1.82, 2.24) is 10.2 Å². The number of nitrogens with zero attached hydrogens (tertiary/aromatic N) is 3. The Kier molecular flexibility index (Phi) is 9.48. The fourth-order valence-electron chi connectivity index (χ4n) is 4.75. The Morgan fingerprint density at radius 1 is 1.11 bits per heavy atom. The molecule has 0 saturated heterocycles. The predicted molar refractivity (Wildman–Crippen MR) is 146 cm³/mol. The Morgan fingerprint density at radius 3 is 2.29 bits per heavy atom. The first kappa shape index (κ1) is 29.1. The highest BCUT2D eigenvalue weighted by Gasteiger charge is 2.33. The average molecular weight is 545 g/mol. The first-order valence-electron chi connectivity index (χ1n) is 12.8. The number of benzene rings is 2. The molecule has 0 aliphatic heterocycles. The first-order chi connectivity index (χ1) is 17.9. The molecule has 206 valence electrons. The molecular formula is C27H36N4O6S. The number of nitrogens with one attached hydrogen (secondary N) is 1. The molecule has 0 unspecified atom stereocenters. The monoisotopic (exact) mass is 544 g/mol. The number of aryl methyl sites for hydroxylation is 2. The summed E-state index contributed by atoms with van der Waals surface area (Å²) in [5, 5.41) is 14.4. The molecule has 2 amide bonds. The lowest BCUT2D eigenvalue weighted by Crippen LogP contribution is -2.53. The molecule has 38 heavy (non-hydrogen) atoms. The van der Waals surface area contributed by atoms with Crippen LogP contribution < -0.4 is 9.62 Å². The van der Waals surface area contributed by atoms with Gasteiger partial charge in [-0.15, -0.1) is 0 Å². The highest BCUT2D eigenvalue weighted by Crippen LogP contribution is 2.28. The third-order valence-corrected chi connectivity index (χ3v) is 8.04. The maximum atomic E-state index is 13.8. The van der Waals surface area contributed by atoms with E-state index in [0.29, 0.717) is 12.0 Å². The van der Waals surface area contributed by atoms with E-state index < -0.39 is 33.4 Å². The van der Waals surface area contributed by atoms with Crippen molar-refractivity contribution >= 4 is 33.2 Å². The summed E-state index contributed by atoms with van der Waals surface area (Å²) in [6.07, 6.45) is 5.15. The quantitative estimate of drug-likeness (QED) is 0.338. The third kappa shape index (κ3) is 7.31. The molecule has 3 rings (SSSR count). The van der Waals surface area contributed by atoms with E-state index in [4.69, 9.17) is 0 Å². The molecular weight excluding hydrogens is 508 g/mol. The van der Waals surface area contributed by atoms with Gasteiger partial charge in [-0.1, -0.05) is 55.7 Å². The lowest BCUT2D eigenvalue weighted by molar-refractivity contribution is -0.384. The van der Waals surface area contributed by atoms with Gasteiger partial charge < -0.3 is 10.2 Å². The van der Waals surface area contributed by atoms with Gasteiger partial charge in [0.2, 0.25) is 21.8 Å². The van der Waals surface area contributed by atoms with Crippen LogP contribution in [-0.4, -0.2) is 54.9 Å². The minimum Gasteiger partial charge on any atom is -0.352 e. The fourth-order valence-corrected chi connectivity index (χ4v) is 5.65. The molecule has 1 atom stereocenters. The molecule has 1 aliphatic carbocycles. The molecule has 2 aromatic carbocycles. The highest BCUT2D eigenvalue weighted by molar-refractivity contribution is 7.92. The lowest BCUT2D eigenvalue weighted by Gasteiger charge is -2.33. The van der Waals surface area contributed by atoms with Gasteiger partial charge in [0.05, 0.1) is 16.9 Å².